The Morgan fingerprint density at radius 2 is 2.21 bits per heavy atom. The molecule has 0 saturated heterocycles. The van der Waals surface area contributed by atoms with E-state index in [0.29, 0.717) is 10.2 Å². The summed E-state index contributed by atoms with van der Waals surface area (Å²) in [6, 6.07) is -0.0417. The lowest BCUT2D eigenvalue weighted by Crippen LogP contribution is -2.37. The van der Waals surface area contributed by atoms with E-state index in [1.165, 1.54) is 4.68 Å². The van der Waals surface area contributed by atoms with Crippen molar-refractivity contribution < 1.29 is 10.2 Å². The Morgan fingerprint density at radius 1 is 1.47 bits per heavy atom. The first-order valence-corrected chi connectivity index (χ1v) is 7.24. The topological polar surface area (TPSA) is 87.4 Å². The van der Waals surface area contributed by atoms with Crippen molar-refractivity contribution in [3.63, 3.8) is 0 Å². The molecule has 1 aliphatic carbocycles. The third-order valence-corrected chi connectivity index (χ3v) is 4.13. The number of halogens is 1. The highest BCUT2D eigenvalue weighted by molar-refractivity contribution is 9.10. The molecule has 0 bridgehead atoms. The smallest absolute Gasteiger partial charge is 0.283 e. The number of nitrogens with one attached hydrogen (secondary N) is 1. The molecule has 19 heavy (non-hydrogen) atoms. The number of aliphatic hydroxyl groups excluding tert-OH is 2. The maximum Gasteiger partial charge on any atom is 0.283 e. The average molecular weight is 332 g/mol. The van der Waals surface area contributed by atoms with E-state index in [0.717, 1.165) is 25.7 Å². The predicted molar refractivity (Wildman–Crippen MR) is 75.2 cm³/mol. The van der Waals surface area contributed by atoms with E-state index in [4.69, 9.17) is 5.11 Å². The number of hydrogen-bond donors (Lipinski definition) is 3. The second kappa shape index (κ2) is 6.49. The summed E-state index contributed by atoms with van der Waals surface area (Å²) in [5.41, 5.74) is 0.300. The molecule has 0 amide bonds. The molecule has 1 heterocycles. The summed E-state index contributed by atoms with van der Waals surface area (Å²) >= 11 is 3.25. The second-order valence-electron chi connectivity index (χ2n) is 4.73. The van der Waals surface area contributed by atoms with Crippen LogP contribution in [-0.2, 0) is 6.54 Å². The SMILES string of the molecule is O=c1c(Br)c(NC2CCCCC2O)cnn1CCO. The minimum absolute atomic E-state index is 0.0417. The molecule has 1 aromatic rings. The van der Waals surface area contributed by atoms with Crippen molar-refractivity contribution in [3.8, 4) is 0 Å². The average Bonchev–Trinajstić information content (AvgIpc) is 2.41. The Hall–Kier alpha value is -0.920. The van der Waals surface area contributed by atoms with E-state index in [-0.39, 0.29) is 30.9 Å². The van der Waals surface area contributed by atoms with Crippen LogP contribution in [0.25, 0.3) is 0 Å². The molecule has 0 aliphatic heterocycles. The zero-order chi connectivity index (χ0) is 13.8. The summed E-state index contributed by atoms with van der Waals surface area (Å²) in [7, 11) is 0. The molecule has 1 aromatic heterocycles. The molecular formula is C12H18BrN3O3. The van der Waals surface area contributed by atoms with E-state index >= 15 is 0 Å². The molecule has 2 atom stereocenters. The summed E-state index contributed by atoms with van der Waals surface area (Å²) < 4.78 is 1.58. The van der Waals surface area contributed by atoms with Crippen LogP contribution in [-0.4, -0.2) is 38.7 Å². The molecule has 6 nitrogen and oxygen atoms in total. The highest BCUT2D eigenvalue weighted by atomic mass is 79.9. The number of aliphatic hydroxyl groups is 2. The van der Waals surface area contributed by atoms with Crippen LogP contribution in [0.1, 0.15) is 25.7 Å². The predicted octanol–water partition coefficient (Wildman–Crippen LogP) is 0.713. The first-order chi connectivity index (χ1) is 9.13. The van der Waals surface area contributed by atoms with Crippen molar-refractivity contribution in [2.45, 2.75) is 44.4 Å². The molecule has 7 heteroatoms. The van der Waals surface area contributed by atoms with Gasteiger partial charge in [-0.15, -0.1) is 0 Å². The van der Waals surface area contributed by atoms with Gasteiger partial charge in [0.25, 0.3) is 5.56 Å². The summed E-state index contributed by atoms with van der Waals surface area (Å²) in [6.07, 6.45) is 4.93. The molecule has 0 aromatic carbocycles. The maximum absolute atomic E-state index is 11.9. The van der Waals surface area contributed by atoms with Gasteiger partial charge in [-0.2, -0.15) is 5.10 Å². The first kappa shape index (κ1) is 14.5. The molecular weight excluding hydrogens is 314 g/mol. The first-order valence-electron chi connectivity index (χ1n) is 6.44. The van der Waals surface area contributed by atoms with E-state index < -0.39 is 0 Å². The van der Waals surface area contributed by atoms with Crippen LogP contribution in [0.5, 0.6) is 0 Å². The second-order valence-corrected chi connectivity index (χ2v) is 5.52. The van der Waals surface area contributed by atoms with E-state index in [9.17, 15) is 9.90 Å². The van der Waals surface area contributed by atoms with Gasteiger partial charge in [0.2, 0.25) is 0 Å². The van der Waals surface area contributed by atoms with Crippen LogP contribution in [0.4, 0.5) is 5.69 Å². The monoisotopic (exact) mass is 331 g/mol. The quantitative estimate of drug-likeness (QED) is 0.756. The van der Waals surface area contributed by atoms with Gasteiger partial charge in [0.15, 0.2) is 0 Å². The number of nitrogens with zero attached hydrogens (tertiary/aromatic N) is 2. The summed E-state index contributed by atoms with van der Waals surface area (Å²) in [5.74, 6) is 0. The zero-order valence-corrected chi connectivity index (χ0v) is 12.1. The van der Waals surface area contributed by atoms with Crippen LogP contribution in [0.15, 0.2) is 15.5 Å². The molecule has 0 radical (unpaired) electrons. The molecule has 1 aliphatic rings. The number of anilines is 1. The van der Waals surface area contributed by atoms with Gasteiger partial charge in [-0.05, 0) is 28.8 Å². The minimum atomic E-state index is -0.388. The molecule has 1 saturated carbocycles. The van der Waals surface area contributed by atoms with Gasteiger partial charge >= 0.3 is 0 Å². The van der Waals surface area contributed by atoms with Gasteiger partial charge in [0.1, 0.15) is 4.47 Å². The molecule has 1 fully saturated rings. The third kappa shape index (κ3) is 3.34. The Balaban J connectivity index is 2.16. The molecule has 3 N–H and O–H groups in total. The van der Waals surface area contributed by atoms with Crippen molar-refractivity contribution in [2.24, 2.45) is 0 Å². The van der Waals surface area contributed by atoms with Gasteiger partial charge in [0, 0.05) is 0 Å². The summed E-state index contributed by atoms with van der Waals surface area (Å²) in [4.78, 5) is 11.9. The standard InChI is InChI=1S/C12H18BrN3O3/c13-11-9(7-14-16(5-6-17)12(11)19)15-8-3-1-2-4-10(8)18/h7-8,10,15,17-18H,1-6H2. The Morgan fingerprint density at radius 3 is 2.89 bits per heavy atom. The third-order valence-electron chi connectivity index (χ3n) is 3.37. The lowest BCUT2D eigenvalue weighted by atomic mass is 9.92. The Bertz CT molecular complexity index is 492. The van der Waals surface area contributed by atoms with Gasteiger partial charge < -0.3 is 15.5 Å². The van der Waals surface area contributed by atoms with Crippen molar-refractivity contribution in [1.82, 2.24) is 9.78 Å². The largest absolute Gasteiger partial charge is 0.394 e. The fraction of sp³-hybridized carbons (Fsp3) is 0.667. The van der Waals surface area contributed by atoms with E-state index in [2.05, 4.69) is 26.3 Å². The highest BCUT2D eigenvalue weighted by Crippen LogP contribution is 2.24. The van der Waals surface area contributed by atoms with Crippen molar-refractivity contribution in [1.29, 1.82) is 0 Å². The zero-order valence-electron chi connectivity index (χ0n) is 10.5. The summed E-state index contributed by atoms with van der Waals surface area (Å²) in [6.45, 7) is 0.0389. The van der Waals surface area contributed by atoms with Crippen LogP contribution in [0.2, 0.25) is 0 Å². The van der Waals surface area contributed by atoms with Gasteiger partial charge in [-0.1, -0.05) is 12.8 Å². The lowest BCUT2D eigenvalue weighted by Gasteiger charge is -2.29. The van der Waals surface area contributed by atoms with Crippen LogP contribution in [0.3, 0.4) is 0 Å². The highest BCUT2D eigenvalue weighted by Gasteiger charge is 2.24. The van der Waals surface area contributed by atoms with Crippen molar-refractivity contribution in [3.05, 3.63) is 21.0 Å². The van der Waals surface area contributed by atoms with E-state index in [1.54, 1.807) is 6.20 Å². The van der Waals surface area contributed by atoms with Crippen molar-refractivity contribution in [2.75, 3.05) is 11.9 Å². The fourth-order valence-electron chi connectivity index (χ4n) is 2.30. The number of aromatic nitrogens is 2. The van der Waals surface area contributed by atoms with Gasteiger partial charge in [0.05, 0.1) is 37.2 Å². The van der Waals surface area contributed by atoms with E-state index in [1.807, 2.05) is 0 Å². The number of rotatable bonds is 4. The summed E-state index contributed by atoms with van der Waals surface area (Å²) in [5, 5.41) is 25.9. The van der Waals surface area contributed by atoms with Gasteiger partial charge in [-0.25, -0.2) is 4.68 Å². The van der Waals surface area contributed by atoms with Crippen molar-refractivity contribution >= 4 is 21.6 Å². The normalized spacial score (nSPS) is 23.3. The Labute approximate surface area is 119 Å². The maximum atomic E-state index is 11.9. The lowest BCUT2D eigenvalue weighted by molar-refractivity contribution is 0.116. The van der Waals surface area contributed by atoms with Gasteiger partial charge in [-0.3, -0.25) is 4.79 Å². The molecule has 2 rings (SSSR count). The minimum Gasteiger partial charge on any atom is -0.394 e. The molecule has 0 spiro atoms. The van der Waals surface area contributed by atoms with Crippen LogP contribution in [0, 0.1) is 0 Å². The number of hydrogen-bond acceptors (Lipinski definition) is 5. The molecule has 2 unspecified atom stereocenters. The Kier molecular flexibility index (Phi) is 4.95. The van der Waals surface area contributed by atoms with Crippen LogP contribution < -0.4 is 10.9 Å². The fourth-order valence-corrected chi connectivity index (χ4v) is 2.72. The molecule has 106 valence electrons. The van der Waals surface area contributed by atoms with Crippen LogP contribution >= 0.6 is 15.9 Å².